The van der Waals surface area contributed by atoms with Crippen molar-refractivity contribution in [1.29, 1.82) is 0 Å². The van der Waals surface area contributed by atoms with Gasteiger partial charge in [0.05, 0.1) is 5.69 Å². The van der Waals surface area contributed by atoms with Gasteiger partial charge in [-0.15, -0.1) is 0 Å². The number of carbonyl (C=O) groups is 2. The number of rotatable bonds is 5. The number of carbonyl (C=O) groups excluding carboxylic acids is 2. The Morgan fingerprint density at radius 3 is 2.52 bits per heavy atom. The van der Waals surface area contributed by atoms with Gasteiger partial charge in [-0.1, -0.05) is 19.3 Å². The molecule has 2 heterocycles. The topological polar surface area (TPSA) is 67.2 Å². The van der Waals surface area contributed by atoms with Gasteiger partial charge in [-0.25, -0.2) is 4.98 Å². The van der Waals surface area contributed by atoms with Crippen LogP contribution in [0.25, 0.3) is 0 Å². The summed E-state index contributed by atoms with van der Waals surface area (Å²) >= 11 is 0. The highest BCUT2D eigenvalue weighted by atomic mass is 16.2. The number of amides is 2. The van der Waals surface area contributed by atoms with Crippen molar-refractivity contribution in [1.82, 2.24) is 19.8 Å². The minimum atomic E-state index is -0.101. The van der Waals surface area contributed by atoms with Crippen molar-refractivity contribution in [2.75, 3.05) is 13.1 Å². The minimum absolute atomic E-state index is 0.0649. The third kappa shape index (κ3) is 3.72. The maximum absolute atomic E-state index is 12.8. The smallest absolute Gasteiger partial charge is 0.289 e. The van der Waals surface area contributed by atoms with Gasteiger partial charge in [-0.05, 0) is 46.0 Å². The van der Waals surface area contributed by atoms with E-state index in [4.69, 9.17) is 0 Å². The van der Waals surface area contributed by atoms with Crippen molar-refractivity contribution in [3.05, 3.63) is 17.2 Å². The molecular weight excluding hydrogens is 316 g/mol. The monoisotopic (exact) mass is 346 g/mol. The SMILES string of the molecule is CCN(CC)C(=O)c1nc(C(=O)NC2CCCCC2)c2n1CCCC2. The number of hydrogen-bond acceptors (Lipinski definition) is 3. The van der Waals surface area contributed by atoms with E-state index < -0.39 is 0 Å². The molecule has 6 nitrogen and oxygen atoms in total. The van der Waals surface area contributed by atoms with Crippen molar-refractivity contribution in [3.8, 4) is 0 Å². The van der Waals surface area contributed by atoms with Crippen LogP contribution < -0.4 is 5.32 Å². The first kappa shape index (κ1) is 18.0. The normalized spacial score (nSPS) is 17.8. The molecule has 138 valence electrons. The summed E-state index contributed by atoms with van der Waals surface area (Å²) in [7, 11) is 0. The zero-order valence-electron chi connectivity index (χ0n) is 15.5. The van der Waals surface area contributed by atoms with Gasteiger partial charge in [0.25, 0.3) is 11.8 Å². The lowest BCUT2D eigenvalue weighted by atomic mass is 9.95. The standard InChI is InChI=1S/C19H30N4O2/c1-3-22(4-2)19(25)17-21-16(15-12-8-9-13-23(15)17)18(24)20-14-10-6-5-7-11-14/h14H,3-13H2,1-2H3,(H,20,24). The van der Waals surface area contributed by atoms with Crippen LogP contribution in [0.2, 0.25) is 0 Å². The van der Waals surface area contributed by atoms with Gasteiger partial charge in [0.1, 0.15) is 5.69 Å². The van der Waals surface area contributed by atoms with Gasteiger partial charge < -0.3 is 14.8 Å². The third-order valence-electron chi connectivity index (χ3n) is 5.52. The van der Waals surface area contributed by atoms with Crippen LogP contribution in [0.3, 0.4) is 0 Å². The number of fused-ring (bicyclic) bond motifs is 1. The van der Waals surface area contributed by atoms with E-state index >= 15 is 0 Å². The molecule has 2 amide bonds. The van der Waals surface area contributed by atoms with E-state index in [1.165, 1.54) is 19.3 Å². The van der Waals surface area contributed by atoms with E-state index in [-0.39, 0.29) is 17.9 Å². The third-order valence-corrected chi connectivity index (χ3v) is 5.52. The van der Waals surface area contributed by atoms with Crippen LogP contribution in [-0.4, -0.2) is 45.4 Å². The number of aromatic nitrogens is 2. The lowest BCUT2D eigenvalue weighted by Gasteiger charge is -2.23. The van der Waals surface area contributed by atoms with Crippen molar-refractivity contribution in [3.63, 3.8) is 0 Å². The Hall–Kier alpha value is -1.85. The number of hydrogen-bond donors (Lipinski definition) is 1. The van der Waals surface area contributed by atoms with Crippen molar-refractivity contribution >= 4 is 11.8 Å². The summed E-state index contributed by atoms with van der Waals surface area (Å²) in [5.41, 5.74) is 1.41. The van der Waals surface area contributed by atoms with E-state index in [9.17, 15) is 9.59 Å². The van der Waals surface area contributed by atoms with Crippen LogP contribution in [0.1, 0.15) is 85.6 Å². The van der Waals surface area contributed by atoms with Crippen molar-refractivity contribution in [2.24, 2.45) is 0 Å². The highest BCUT2D eigenvalue weighted by Gasteiger charge is 2.30. The zero-order valence-corrected chi connectivity index (χ0v) is 15.5. The quantitative estimate of drug-likeness (QED) is 0.891. The predicted molar refractivity (Wildman–Crippen MR) is 96.8 cm³/mol. The molecular formula is C19H30N4O2. The fraction of sp³-hybridized carbons (Fsp3) is 0.737. The van der Waals surface area contributed by atoms with E-state index in [0.717, 1.165) is 44.3 Å². The molecule has 1 aliphatic heterocycles. The molecule has 0 atom stereocenters. The summed E-state index contributed by atoms with van der Waals surface area (Å²) in [6.07, 6.45) is 8.62. The van der Waals surface area contributed by atoms with Crippen LogP contribution in [0.5, 0.6) is 0 Å². The van der Waals surface area contributed by atoms with Gasteiger partial charge in [0, 0.05) is 25.7 Å². The molecule has 25 heavy (non-hydrogen) atoms. The molecule has 2 aliphatic rings. The van der Waals surface area contributed by atoms with E-state index in [0.29, 0.717) is 24.6 Å². The Balaban J connectivity index is 1.86. The highest BCUT2D eigenvalue weighted by Crippen LogP contribution is 2.23. The molecule has 1 aromatic rings. The lowest BCUT2D eigenvalue weighted by Crippen LogP contribution is -2.37. The maximum atomic E-state index is 12.8. The second-order valence-corrected chi connectivity index (χ2v) is 7.13. The average molecular weight is 346 g/mol. The van der Waals surface area contributed by atoms with E-state index in [1.54, 1.807) is 4.90 Å². The van der Waals surface area contributed by atoms with Gasteiger partial charge in [0.15, 0.2) is 5.82 Å². The molecule has 0 unspecified atom stereocenters. The molecule has 1 fully saturated rings. The fourth-order valence-corrected chi connectivity index (χ4v) is 4.04. The molecule has 0 radical (unpaired) electrons. The van der Waals surface area contributed by atoms with Gasteiger partial charge in [0.2, 0.25) is 0 Å². The Morgan fingerprint density at radius 1 is 1.12 bits per heavy atom. The first-order chi connectivity index (χ1) is 12.2. The fourth-order valence-electron chi connectivity index (χ4n) is 4.04. The van der Waals surface area contributed by atoms with E-state index in [2.05, 4.69) is 10.3 Å². The minimum Gasteiger partial charge on any atom is -0.348 e. The molecule has 6 heteroatoms. The zero-order chi connectivity index (χ0) is 17.8. The maximum Gasteiger partial charge on any atom is 0.289 e. The molecule has 0 saturated heterocycles. The largest absolute Gasteiger partial charge is 0.348 e. The Bertz CT molecular complexity index is 628. The molecule has 3 rings (SSSR count). The number of nitrogens with zero attached hydrogens (tertiary/aromatic N) is 3. The summed E-state index contributed by atoms with van der Waals surface area (Å²) < 4.78 is 1.99. The highest BCUT2D eigenvalue weighted by molar-refractivity contribution is 5.97. The lowest BCUT2D eigenvalue weighted by molar-refractivity contribution is 0.0754. The average Bonchev–Trinajstić information content (AvgIpc) is 3.03. The first-order valence-electron chi connectivity index (χ1n) is 9.85. The van der Waals surface area contributed by atoms with E-state index in [1.807, 2.05) is 18.4 Å². The molecule has 0 aromatic carbocycles. The molecule has 1 saturated carbocycles. The molecule has 1 N–H and O–H groups in total. The van der Waals surface area contributed by atoms with Gasteiger partial charge >= 0.3 is 0 Å². The Morgan fingerprint density at radius 2 is 1.84 bits per heavy atom. The summed E-state index contributed by atoms with van der Waals surface area (Å²) in [5, 5.41) is 3.16. The first-order valence-corrected chi connectivity index (χ1v) is 9.85. The second kappa shape index (κ2) is 8.02. The number of imidazole rings is 1. The summed E-state index contributed by atoms with van der Waals surface area (Å²) in [4.78, 5) is 31.9. The summed E-state index contributed by atoms with van der Waals surface area (Å²) in [6.45, 7) is 6.03. The second-order valence-electron chi connectivity index (χ2n) is 7.13. The molecule has 0 bridgehead atoms. The Kier molecular flexibility index (Phi) is 5.76. The summed E-state index contributed by atoms with van der Waals surface area (Å²) in [5.74, 6) is 0.271. The number of nitrogens with one attached hydrogen (secondary N) is 1. The van der Waals surface area contributed by atoms with Crippen LogP contribution >= 0.6 is 0 Å². The van der Waals surface area contributed by atoms with Gasteiger partial charge in [-0.2, -0.15) is 0 Å². The molecule has 0 spiro atoms. The predicted octanol–water partition coefficient (Wildman–Crippen LogP) is 2.76. The van der Waals surface area contributed by atoms with Crippen LogP contribution in [0.15, 0.2) is 0 Å². The van der Waals surface area contributed by atoms with Crippen LogP contribution in [-0.2, 0) is 13.0 Å². The van der Waals surface area contributed by atoms with Crippen LogP contribution in [0.4, 0.5) is 0 Å². The Labute approximate surface area is 150 Å². The molecule has 1 aromatic heterocycles. The van der Waals surface area contributed by atoms with Crippen molar-refractivity contribution < 1.29 is 9.59 Å². The van der Waals surface area contributed by atoms with Gasteiger partial charge in [-0.3, -0.25) is 9.59 Å². The summed E-state index contributed by atoms with van der Waals surface area (Å²) in [6, 6.07) is 0.254. The molecule has 1 aliphatic carbocycles. The van der Waals surface area contributed by atoms with Crippen LogP contribution in [0, 0.1) is 0 Å². The van der Waals surface area contributed by atoms with Crippen molar-refractivity contribution in [2.45, 2.75) is 77.8 Å².